The molecular formula is C19H22N2O5S. The highest BCUT2D eigenvalue weighted by Gasteiger charge is 2.35. The van der Waals surface area contributed by atoms with Crippen LogP contribution in [0, 0.1) is 0 Å². The van der Waals surface area contributed by atoms with Gasteiger partial charge in [-0.1, -0.05) is 18.2 Å². The van der Waals surface area contributed by atoms with Crippen LogP contribution in [-0.4, -0.2) is 52.5 Å². The number of piperazine rings is 1. The van der Waals surface area contributed by atoms with Gasteiger partial charge in [0.2, 0.25) is 10.0 Å². The van der Waals surface area contributed by atoms with Crippen molar-refractivity contribution < 1.29 is 22.7 Å². The summed E-state index contributed by atoms with van der Waals surface area (Å²) in [7, 11) is -0.896. The Kier molecular flexibility index (Phi) is 5.79. The van der Waals surface area contributed by atoms with Crippen molar-refractivity contribution in [1.29, 1.82) is 0 Å². The van der Waals surface area contributed by atoms with Crippen LogP contribution in [0.15, 0.2) is 53.4 Å². The summed E-state index contributed by atoms with van der Waals surface area (Å²) in [5.41, 5.74) is 1.11. The molecule has 1 heterocycles. The smallest absolute Gasteiger partial charge is 0.337 e. The van der Waals surface area contributed by atoms with E-state index in [0.717, 1.165) is 5.56 Å². The van der Waals surface area contributed by atoms with Gasteiger partial charge in [-0.25, -0.2) is 13.2 Å². The molecule has 1 aliphatic heterocycles. The summed E-state index contributed by atoms with van der Waals surface area (Å²) in [5.74, 6) is 0.139. The van der Waals surface area contributed by atoms with E-state index in [1.165, 1.54) is 35.7 Å². The minimum Gasteiger partial charge on any atom is -0.496 e. The first-order valence-corrected chi connectivity index (χ1v) is 9.97. The highest BCUT2D eigenvalue weighted by Crippen LogP contribution is 2.33. The Bertz CT molecular complexity index is 912. The third-order valence-corrected chi connectivity index (χ3v) is 6.50. The Hall–Kier alpha value is -2.42. The molecule has 2 aromatic carbocycles. The molecule has 0 bridgehead atoms. The lowest BCUT2D eigenvalue weighted by Gasteiger charge is -2.36. The molecule has 1 atom stereocenters. The molecule has 3 rings (SSSR count). The molecule has 2 aromatic rings. The van der Waals surface area contributed by atoms with Gasteiger partial charge in [0.05, 0.1) is 30.7 Å². The van der Waals surface area contributed by atoms with Crippen LogP contribution < -0.4 is 10.1 Å². The van der Waals surface area contributed by atoms with Crippen molar-refractivity contribution in [1.82, 2.24) is 9.62 Å². The van der Waals surface area contributed by atoms with Crippen molar-refractivity contribution >= 4 is 16.0 Å². The van der Waals surface area contributed by atoms with Crippen molar-refractivity contribution in [2.45, 2.75) is 10.9 Å². The molecule has 0 saturated carbocycles. The zero-order valence-corrected chi connectivity index (χ0v) is 16.0. The van der Waals surface area contributed by atoms with Crippen LogP contribution in [0.2, 0.25) is 0 Å². The number of ether oxygens (including phenoxy) is 2. The molecule has 1 fully saturated rings. The lowest BCUT2D eigenvalue weighted by atomic mass is 10.0. The topological polar surface area (TPSA) is 84.9 Å². The zero-order chi connectivity index (χ0) is 19.4. The number of benzene rings is 2. The van der Waals surface area contributed by atoms with Crippen LogP contribution in [0.4, 0.5) is 0 Å². The summed E-state index contributed by atoms with van der Waals surface area (Å²) in [4.78, 5) is 11.7. The van der Waals surface area contributed by atoms with Gasteiger partial charge in [-0.05, 0) is 30.3 Å². The number of esters is 1. The second kappa shape index (κ2) is 8.08. The van der Waals surface area contributed by atoms with Gasteiger partial charge in [-0.3, -0.25) is 0 Å². The molecule has 0 aromatic heterocycles. The maximum Gasteiger partial charge on any atom is 0.337 e. The van der Waals surface area contributed by atoms with Crippen LogP contribution in [0.1, 0.15) is 22.0 Å². The van der Waals surface area contributed by atoms with Crippen molar-refractivity contribution in [2.24, 2.45) is 0 Å². The number of carbonyl (C=O) groups excluding carboxylic acids is 1. The Morgan fingerprint density at radius 3 is 2.48 bits per heavy atom. The molecule has 1 N–H and O–H groups in total. The molecule has 144 valence electrons. The molecule has 1 aliphatic rings. The number of methoxy groups -OCH3 is 2. The van der Waals surface area contributed by atoms with Crippen molar-refractivity contribution in [3.8, 4) is 5.75 Å². The molecule has 8 heteroatoms. The molecule has 1 saturated heterocycles. The average molecular weight is 390 g/mol. The number of sulfonamides is 1. The maximum atomic E-state index is 13.3. The Morgan fingerprint density at radius 2 is 1.81 bits per heavy atom. The van der Waals surface area contributed by atoms with E-state index in [1.54, 1.807) is 7.11 Å². The van der Waals surface area contributed by atoms with Crippen molar-refractivity contribution in [3.63, 3.8) is 0 Å². The summed E-state index contributed by atoms with van der Waals surface area (Å²) in [5, 5.41) is 3.25. The summed E-state index contributed by atoms with van der Waals surface area (Å²) in [6.07, 6.45) is 0. The monoisotopic (exact) mass is 390 g/mol. The standard InChI is InChI=1S/C19H22N2O5S/c1-25-18-6-4-3-5-16(18)17-13-20-11-12-21(17)27(23,24)15-9-7-14(8-10-15)19(22)26-2/h3-10,17,20H,11-13H2,1-2H3. The number of nitrogens with one attached hydrogen (secondary N) is 1. The fraction of sp³-hybridized carbons (Fsp3) is 0.316. The van der Waals surface area contributed by atoms with Gasteiger partial charge in [0.25, 0.3) is 0 Å². The molecule has 1 unspecified atom stereocenters. The van der Waals surface area contributed by atoms with E-state index in [0.29, 0.717) is 30.9 Å². The molecule has 7 nitrogen and oxygen atoms in total. The van der Waals surface area contributed by atoms with E-state index < -0.39 is 16.0 Å². The van der Waals surface area contributed by atoms with E-state index in [9.17, 15) is 13.2 Å². The SMILES string of the molecule is COC(=O)c1ccc(S(=O)(=O)N2CCNCC2c2ccccc2OC)cc1. The van der Waals surface area contributed by atoms with Crippen LogP contribution in [0.25, 0.3) is 0 Å². The number of hydrogen-bond donors (Lipinski definition) is 1. The van der Waals surface area contributed by atoms with Crippen molar-refractivity contribution in [2.75, 3.05) is 33.9 Å². The number of carbonyl (C=O) groups is 1. The fourth-order valence-corrected chi connectivity index (χ4v) is 4.80. The number of hydrogen-bond acceptors (Lipinski definition) is 6. The zero-order valence-electron chi connectivity index (χ0n) is 15.2. The summed E-state index contributed by atoms with van der Waals surface area (Å²) in [6, 6.07) is 12.8. The molecule has 0 spiro atoms. The highest BCUT2D eigenvalue weighted by atomic mass is 32.2. The van der Waals surface area contributed by atoms with Crippen LogP contribution in [-0.2, 0) is 14.8 Å². The predicted molar refractivity (Wildman–Crippen MR) is 100 cm³/mol. The molecule has 0 amide bonds. The Morgan fingerprint density at radius 1 is 1.11 bits per heavy atom. The molecular weight excluding hydrogens is 368 g/mol. The number of para-hydroxylation sites is 1. The molecule has 0 aliphatic carbocycles. The Labute approximate surface area is 158 Å². The van der Waals surface area contributed by atoms with E-state index >= 15 is 0 Å². The lowest BCUT2D eigenvalue weighted by molar-refractivity contribution is 0.0600. The van der Waals surface area contributed by atoms with E-state index in [1.807, 2.05) is 24.3 Å². The number of nitrogens with zero attached hydrogens (tertiary/aromatic N) is 1. The summed E-state index contributed by atoms with van der Waals surface area (Å²) >= 11 is 0. The minimum atomic E-state index is -3.75. The largest absolute Gasteiger partial charge is 0.496 e. The summed E-state index contributed by atoms with van der Waals surface area (Å²) in [6.45, 7) is 1.38. The van der Waals surface area contributed by atoms with Gasteiger partial charge < -0.3 is 14.8 Å². The third kappa shape index (κ3) is 3.83. The molecule has 0 radical (unpaired) electrons. The first kappa shape index (κ1) is 19.3. The minimum absolute atomic E-state index is 0.136. The van der Waals surface area contributed by atoms with E-state index in [2.05, 4.69) is 10.1 Å². The number of rotatable bonds is 5. The summed E-state index contributed by atoms with van der Waals surface area (Å²) < 4.78 is 38.1. The van der Waals surface area contributed by atoms with Gasteiger partial charge >= 0.3 is 5.97 Å². The third-order valence-electron chi connectivity index (χ3n) is 4.57. The van der Waals surface area contributed by atoms with Crippen LogP contribution >= 0.6 is 0 Å². The van der Waals surface area contributed by atoms with Crippen LogP contribution in [0.5, 0.6) is 5.75 Å². The fourth-order valence-electron chi connectivity index (χ4n) is 3.20. The van der Waals surface area contributed by atoms with Gasteiger partial charge in [0.1, 0.15) is 5.75 Å². The van der Waals surface area contributed by atoms with Gasteiger partial charge in [-0.2, -0.15) is 4.31 Å². The highest BCUT2D eigenvalue weighted by molar-refractivity contribution is 7.89. The van der Waals surface area contributed by atoms with Gasteiger partial charge in [0, 0.05) is 25.2 Å². The maximum absolute atomic E-state index is 13.3. The first-order chi connectivity index (χ1) is 13.0. The average Bonchev–Trinajstić information content (AvgIpc) is 2.73. The molecule has 27 heavy (non-hydrogen) atoms. The van der Waals surface area contributed by atoms with Gasteiger partial charge in [-0.15, -0.1) is 0 Å². The van der Waals surface area contributed by atoms with Crippen LogP contribution in [0.3, 0.4) is 0 Å². The quantitative estimate of drug-likeness (QED) is 0.784. The second-order valence-electron chi connectivity index (χ2n) is 6.09. The second-order valence-corrected chi connectivity index (χ2v) is 7.98. The normalized spacial score (nSPS) is 18.1. The first-order valence-electron chi connectivity index (χ1n) is 8.53. The lowest BCUT2D eigenvalue weighted by Crippen LogP contribution is -2.48. The Balaban J connectivity index is 1.97. The van der Waals surface area contributed by atoms with Crippen molar-refractivity contribution in [3.05, 3.63) is 59.7 Å². The predicted octanol–water partition coefficient (Wildman–Crippen LogP) is 1.82. The van der Waals surface area contributed by atoms with E-state index in [4.69, 9.17) is 4.74 Å². The van der Waals surface area contributed by atoms with E-state index in [-0.39, 0.29) is 10.9 Å². The van der Waals surface area contributed by atoms with Gasteiger partial charge in [0.15, 0.2) is 0 Å².